The fourth-order valence-electron chi connectivity index (χ4n) is 0.333. The lowest BCUT2D eigenvalue weighted by atomic mass is 10.4. The summed E-state index contributed by atoms with van der Waals surface area (Å²) in [6.45, 7) is 0. The van der Waals surface area contributed by atoms with Gasteiger partial charge in [0.15, 0.2) is 0 Å². The van der Waals surface area contributed by atoms with Crippen LogP contribution in [0.25, 0.3) is 0 Å². The highest BCUT2D eigenvalue weighted by atomic mass is 19.3. The zero-order chi connectivity index (χ0) is 7.28. The second-order valence-corrected chi connectivity index (χ2v) is 1.56. The average Bonchev–Trinajstić information content (AvgIpc) is 2.08. The van der Waals surface area contributed by atoms with Crippen molar-refractivity contribution in [3.63, 3.8) is 0 Å². The molecule has 1 nitrogen and oxygen atoms in total. The highest BCUT2D eigenvalue weighted by Crippen LogP contribution is 2.55. The Labute approximate surface area is 46.4 Å². The molecule has 0 saturated carbocycles. The Morgan fingerprint density at radius 3 is 1.44 bits per heavy atom. The second-order valence-electron chi connectivity index (χ2n) is 1.56. The van der Waals surface area contributed by atoms with Crippen LogP contribution in [0.15, 0.2) is 0 Å². The van der Waals surface area contributed by atoms with E-state index in [2.05, 4.69) is 4.74 Å². The van der Waals surface area contributed by atoms with Gasteiger partial charge in [-0.15, -0.1) is 0 Å². The van der Waals surface area contributed by atoms with Crippen molar-refractivity contribution in [3.05, 3.63) is 0 Å². The molecule has 1 unspecified atom stereocenters. The van der Waals surface area contributed by atoms with Crippen LogP contribution >= 0.6 is 0 Å². The first-order chi connectivity index (χ1) is 3.90. The molecule has 1 heterocycles. The molecule has 9 heavy (non-hydrogen) atoms. The van der Waals surface area contributed by atoms with Crippen LogP contribution in [-0.4, -0.2) is 18.4 Å². The quantitative estimate of drug-likeness (QED) is 0.405. The third-order valence-electron chi connectivity index (χ3n) is 0.913. The van der Waals surface area contributed by atoms with Crippen molar-refractivity contribution in [2.75, 3.05) is 0 Å². The summed E-state index contributed by atoms with van der Waals surface area (Å²) in [6.07, 6.45) is -8.08. The van der Waals surface area contributed by atoms with Gasteiger partial charge in [0.25, 0.3) is 0 Å². The number of alkyl halides is 5. The predicted molar refractivity (Wildman–Crippen MR) is 15.9 cm³/mol. The van der Waals surface area contributed by atoms with Gasteiger partial charge >= 0.3 is 18.4 Å². The van der Waals surface area contributed by atoms with Gasteiger partial charge in [0.2, 0.25) is 0 Å². The molecule has 1 rings (SSSR count). The van der Waals surface area contributed by atoms with E-state index in [0.29, 0.717) is 0 Å². The van der Waals surface area contributed by atoms with E-state index in [4.69, 9.17) is 0 Å². The van der Waals surface area contributed by atoms with E-state index >= 15 is 0 Å². The molecule has 1 aliphatic rings. The SMILES string of the molecule is FC(F)C1(F)OC1(F)F. The lowest BCUT2D eigenvalue weighted by Gasteiger charge is -1.95. The zero-order valence-electron chi connectivity index (χ0n) is 3.88. The number of halogens is 5. The minimum Gasteiger partial charge on any atom is -0.265 e. The van der Waals surface area contributed by atoms with E-state index < -0.39 is 18.4 Å². The van der Waals surface area contributed by atoms with Crippen molar-refractivity contribution in [3.8, 4) is 0 Å². The Balaban J connectivity index is 2.63. The second kappa shape index (κ2) is 1.36. The van der Waals surface area contributed by atoms with E-state index in [1.165, 1.54) is 0 Å². The maximum atomic E-state index is 11.7. The Bertz CT molecular complexity index is 134. The van der Waals surface area contributed by atoms with Crippen molar-refractivity contribution in [2.45, 2.75) is 18.4 Å². The molecule has 54 valence electrons. The van der Waals surface area contributed by atoms with Crippen LogP contribution in [0, 0.1) is 0 Å². The lowest BCUT2D eigenvalue weighted by Crippen LogP contribution is -2.21. The highest BCUT2D eigenvalue weighted by Gasteiger charge is 2.82. The van der Waals surface area contributed by atoms with Gasteiger partial charge in [0.1, 0.15) is 0 Å². The molecule has 6 heteroatoms. The fourth-order valence-corrected chi connectivity index (χ4v) is 0.333. The zero-order valence-corrected chi connectivity index (χ0v) is 3.88. The normalized spacial score (nSPS) is 39.3. The molecule has 0 amide bonds. The average molecular weight is 148 g/mol. The molecule has 0 spiro atoms. The summed E-state index contributed by atoms with van der Waals surface area (Å²) < 4.78 is 59.4. The Morgan fingerprint density at radius 2 is 1.44 bits per heavy atom. The Hall–Kier alpha value is -0.390. The largest absolute Gasteiger partial charge is 0.423 e. The van der Waals surface area contributed by atoms with Gasteiger partial charge in [-0.3, -0.25) is 4.74 Å². The van der Waals surface area contributed by atoms with Crippen molar-refractivity contribution in [1.29, 1.82) is 0 Å². The van der Waals surface area contributed by atoms with Gasteiger partial charge in [-0.05, 0) is 0 Å². The molecule has 1 saturated heterocycles. The van der Waals surface area contributed by atoms with Crippen LogP contribution in [-0.2, 0) is 4.74 Å². The maximum absolute atomic E-state index is 11.7. The van der Waals surface area contributed by atoms with Gasteiger partial charge < -0.3 is 0 Å². The topological polar surface area (TPSA) is 12.5 Å². The van der Waals surface area contributed by atoms with E-state index in [-0.39, 0.29) is 0 Å². The van der Waals surface area contributed by atoms with Crippen molar-refractivity contribution < 1.29 is 26.7 Å². The monoisotopic (exact) mass is 148 g/mol. The first-order valence-electron chi connectivity index (χ1n) is 1.95. The molecule has 1 aliphatic heterocycles. The molecule has 0 aromatic rings. The van der Waals surface area contributed by atoms with Crippen LogP contribution < -0.4 is 0 Å². The number of epoxide rings is 1. The summed E-state index contributed by atoms with van der Waals surface area (Å²) in [5.41, 5.74) is 0. The first-order valence-corrected chi connectivity index (χ1v) is 1.95. The summed E-state index contributed by atoms with van der Waals surface area (Å²) in [6, 6.07) is 0. The number of hydrogen-bond donors (Lipinski definition) is 0. The molecule has 0 aromatic heterocycles. The summed E-state index contributed by atoms with van der Waals surface area (Å²) >= 11 is 0. The van der Waals surface area contributed by atoms with Crippen LogP contribution in [0.2, 0.25) is 0 Å². The standard InChI is InChI=1S/C3HF5O/c4-1(5)2(6)3(7,8)9-2/h1H. The third-order valence-corrected chi connectivity index (χ3v) is 0.913. The van der Waals surface area contributed by atoms with Gasteiger partial charge in [0.05, 0.1) is 0 Å². The summed E-state index contributed by atoms with van der Waals surface area (Å²) in [5.74, 6) is -4.02. The van der Waals surface area contributed by atoms with E-state index in [1.54, 1.807) is 0 Å². The van der Waals surface area contributed by atoms with Crippen molar-refractivity contribution in [1.82, 2.24) is 0 Å². The van der Waals surface area contributed by atoms with Crippen LogP contribution in [0.5, 0.6) is 0 Å². The van der Waals surface area contributed by atoms with Gasteiger partial charge in [-0.25, -0.2) is 8.78 Å². The van der Waals surface area contributed by atoms with Gasteiger partial charge in [-0.2, -0.15) is 13.2 Å². The molecule has 1 fully saturated rings. The highest BCUT2D eigenvalue weighted by molar-refractivity contribution is 4.95. The van der Waals surface area contributed by atoms with E-state index in [1.807, 2.05) is 0 Å². The third kappa shape index (κ3) is 0.692. The molecule has 0 aliphatic carbocycles. The minimum absolute atomic E-state index is 2.80. The number of hydrogen-bond acceptors (Lipinski definition) is 1. The van der Waals surface area contributed by atoms with E-state index in [9.17, 15) is 22.0 Å². The molecular weight excluding hydrogens is 147 g/mol. The number of rotatable bonds is 1. The summed E-state index contributed by atoms with van der Waals surface area (Å²) in [7, 11) is 0. The molecule has 0 radical (unpaired) electrons. The first kappa shape index (κ1) is 6.73. The summed E-state index contributed by atoms with van der Waals surface area (Å²) in [4.78, 5) is 0. The lowest BCUT2D eigenvalue weighted by molar-refractivity contribution is -0.0478. The molecule has 0 N–H and O–H groups in total. The van der Waals surface area contributed by atoms with Crippen LogP contribution in [0.1, 0.15) is 0 Å². The van der Waals surface area contributed by atoms with E-state index in [0.717, 1.165) is 0 Å². The van der Waals surface area contributed by atoms with Crippen molar-refractivity contribution >= 4 is 0 Å². The maximum Gasteiger partial charge on any atom is 0.423 e. The minimum atomic E-state index is -4.29. The Morgan fingerprint density at radius 1 is 1.11 bits per heavy atom. The molecule has 0 bridgehead atoms. The molecular formula is C3HF5O. The number of ether oxygens (including phenoxy) is 1. The molecule has 1 atom stereocenters. The summed E-state index contributed by atoms with van der Waals surface area (Å²) in [5, 5.41) is 0. The van der Waals surface area contributed by atoms with Gasteiger partial charge in [-0.1, -0.05) is 0 Å². The fraction of sp³-hybridized carbons (Fsp3) is 1.00. The van der Waals surface area contributed by atoms with Crippen LogP contribution in [0.4, 0.5) is 22.0 Å². The predicted octanol–water partition coefficient (Wildman–Crippen LogP) is 1.54. The molecule has 0 aromatic carbocycles. The van der Waals surface area contributed by atoms with Crippen LogP contribution in [0.3, 0.4) is 0 Å². The Kier molecular flexibility index (Phi) is 1.02. The van der Waals surface area contributed by atoms with Gasteiger partial charge in [0, 0.05) is 0 Å². The smallest absolute Gasteiger partial charge is 0.265 e. The van der Waals surface area contributed by atoms with Crippen molar-refractivity contribution in [2.24, 2.45) is 0 Å².